The maximum absolute atomic E-state index is 12.3. The molecule has 0 aromatic heterocycles. The van der Waals surface area contributed by atoms with E-state index >= 15 is 0 Å². The number of anilines is 1. The molecule has 0 spiro atoms. The molecule has 1 aromatic rings. The van der Waals surface area contributed by atoms with Crippen LogP contribution >= 0.6 is 24.4 Å². The summed E-state index contributed by atoms with van der Waals surface area (Å²) >= 11 is 9.47. The number of hydrogen-bond donors (Lipinski definition) is 5. The summed E-state index contributed by atoms with van der Waals surface area (Å²) in [6, 6.07) is 6.11. The van der Waals surface area contributed by atoms with E-state index in [-0.39, 0.29) is 17.3 Å². The van der Waals surface area contributed by atoms with Crippen molar-refractivity contribution >= 4 is 57.7 Å². The zero-order valence-electron chi connectivity index (χ0n) is 17.1. The molecule has 16 heteroatoms. The van der Waals surface area contributed by atoms with Crippen LogP contribution in [0, 0.1) is 0 Å². The molecule has 33 heavy (non-hydrogen) atoms. The van der Waals surface area contributed by atoms with E-state index < -0.39 is 35.7 Å². The average Bonchev–Trinajstić information content (AvgIpc) is 2.69. The summed E-state index contributed by atoms with van der Waals surface area (Å²) in [6.45, 7) is -0.0197. The molecule has 0 aliphatic carbocycles. The van der Waals surface area contributed by atoms with Gasteiger partial charge in [0.05, 0.1) is 5.71 Å². The summed E-state index contributed by atoms with van der Waals surface area (Å²) in [7, 11) is 0. The van der Waals surface area contributed by atoms with Crippen LogP contribution in [-0.2, 0) is 4.79 Å². The van der Waals surface area contributed by atoms with Crippen LogP contribution in [-0.4, -0.2) is 53.0 Å². The van der Waals surface area contributed by atoms with Crippen LogP contribution in [0.3, 0.4) is 0 Å². The summed E-state index contributed by atoms with van der Waals surface area (Å²) in [4.78, 5) is 11.2. The van der Waals surface area contributed by atoms with E-state index in [2.05, 4.69) is 26.4 Å². The Morgan fingerprint density at radius 3 is 1.73 bits per heavy atom. The van der Waals surface area contributed by atoms with Crippen LogP contribution in [0.25, 0.3) is 0 Å². The van der Waals surface area contributed by atoms with Crippen LogP contribution in [0.2, 0.25) is 0 Å². The van der Waals surface area contributed by atoms with Crippen molar-refractivity contribution in [2.24, 2.45) is 10.2 Å². The number of halogens is 6. The predicted octanol–water partition coefficient (Wildman–Crippen LogP) is 2.78. The molecule has 0 saturated heterocycles. The minimum absolute atomic E-state index is 0.0756. The van der Waals surface area contributed by atoms with E-state index in [1.165, 1.54) is 38.1 Å². The fourth-order valence-electron chi connectivity index (χ4n) is 2.00. The maximum atomic E-state index is 12.3. The molecule has 0 aliphatic heterocycles. The van der Waals surface area contributed by atoms with Gasteiger partial charge in [0, 0.05) is 18.2 Å². The Bertz CT molecular complexity index is 914. The summed E-state index contributed by atoms with van der Waals surface area (Å²) in [5.74, 6) is -0.304. The van der Waals surface area contributed by atoms with Crippen molar-refractivity contribution < 1.29 is 31.1 Å². The largest absolute Gasteiger partial charge is 0.405 e. The van der Waals surface area contributed by atoms with E-state index in [9.17, 15) is 31.1 Å². The lowest BCUT2D eigenvalue weighted by Crippen LogP contribution is -2.40. The van der Waals surface area contributed by atoms with Crippen LogP contribution in [0.4, 0.5) is 32.0 Å². The quantitative estimate of drug-likeness (QED) is 0.165. The lowest BCUT2D eigenvalue weighted by atomic mass is 10.1. The van der Waals surface area contributed by atoms with Crippen LogP contribution < -0.4 is 26.8 Å². The molecule has 0 atom stereocenters. The molecule has 0 unspecified atom stereocenters. The molecule has 8 nitrogen and oxygen atoms in total. The highest BCUT2D eigenvalue weighted by Crippen LogP contribution is 2.13. The molecule has 1 aromatic carbocycles. The molecule has 1 rings (SSSR count). The number of hydrazone groups is 2. The number of nitrogens with one attached hydrogen (secondary N) is 5. The number of thiocarbonyl (C=S) groups is 2. The average molecular weight is 516 g/mol. The van der Waals surface area contributed by atoms with Gasteiger partial charge in [-0.05, 0) is 43.5 Å². The molecule has 0 fully saturated rings. The Balaban J connectivity index is 3.04. The van der Waals surface area contributed by atoms with Crippen molar-refractivity contribution in [1.82, 2.24) is 21.5 Å². The fraction of sp³-hybridized carbons (Fsp3) is 0.353. The zero-order chi connectivity index (χ0) is 25.2. The first-order chi connectivity index (χ1) is 15.2. The van der Waals surface area contributed by atoms with Crippen molar-refractivity contribution in [1.29, 1.82) is 0 Å². The van der Waals surface area contributed by atoms with Crippen molar-refractivity contribution in [3.63, 3.8) is 0 Å². The van der Waals surface area contributed by atoms with Gasteiger partial charge in [0.2, 0.25) is 5.91 Å². The smallest absolute Gasteiger partial charge is 0.352 e. The van der Waals surface area contributed by atoms with Gasteiger partial charge in [-0.1, -0.05) is 12.1 Å². The first kappa shape index (κ1) is 28.0. The van der Waals surface area contributed by atoms with E-state index in [0.29, 0.717) is 11.3 Å². The molecular formula is C17H19F6N7OS2. The summed E-state index contributed by atoms with van der Waals surface area (Å²) in [6.07, 6.45) is -8.99. The fourth-order valence-corrected chi connectivity index (χ4v) is 2.24. The lowest BCUT2D eigenvalue weighted by molar-refractivity contribution is -0.122. The number of hydrogen-bond acceptors (Lipinski definition) is 5. The summed E-state index contributed by atoms with van der Waals surface area (Å²) in [5.41, 5.74) is 5.50. The second kappa shape index (κ2) is 12.3. The molecule has 0 aliphatic rings. The monoisotopic (exact) mass is 515 g/mol. The van der Waals surface area contributed by atoms with Crippen LogP contribution in [0.1, 0.15) is 19.4 Å². The summed E-state index contributed by atoms with van der Waals surface area (Å²) in [5, 5.41) is 13.3. The first-order valence-corrected chi connectivity index (χ1v) is 9.69. The first-order valence-electron chi connectivity index (χ1n) is 8.88. The minimum atomic E-state index is -4.50. The standard InChI is InChI=1S/C17H19F6N7OS2/c1-9(27-29-14(32)24-7-16(18,19)20)13(28-30-15(33)25-8-17(21,22)23)11-3-5-12(6-4-11)26-10(2)31/h3-6H,7-8H2,1-2H3,(H,26,31)(H2,24,29,32)(H2,25,30,33)/b27-9+,28-13-. The van der Waals surface area contributed by atoms with Gasteiger partial charge in [-0.2, -0.15) is 36.5 Å². The Hall–Kier alpha value is -3.01. The maximum Gasteiger partial charge on any atom is 0.405 e. The number of carbonyl (C=O) groups excluding carboxylic acids is 1. The topological polar surface area (TPSA) is 102 Å². The molecule has 0 bridgehead atoms. The zero-order valence-corrected chi connectivity index (χ0v) is 18.7. The van der Waals surface area contributed by atoms with Crippen LogP contribution in [0.15, 0.2) is 34.5 Å². The van der Waals surface area contributed by atoms with Gasteiger partial charge >= 0.3 is 12.4 Å². The molecule has 0 saturated carbocycles. The normalized spacial score (nSPS) is 12.6. The van der Waals surface area contributed by atoms with Crippen molar-refractivity contribution in [2.45, 2.75) is 26.2 Å². The number of amides is 1. The molecule has 0 heterocycles. The van der Waals surface area contributed by atoms with Gasteiger partial charge in [0.1, 0.15) is 18.8 Å². The lowest BCUT2D eigenvalue weighted by Gasteiger charge is -2.13. The second-order valence-corrected chi connectivity index (χ2v) is 7.05. The number of nitrogens with zero attached hydrogens (tertiary/aromatic N) is 2. The van der Waals surface area contributed by atoms with Crippen molar-refractivity contribution in [3.8, 4) is 0 Å². The van der Waals surface area contributed by atoms with Gasteiger partial charge in [-0.25, -0.2) is 0 Å². The minimum Gasteiger partial charge on any atom is -0.352 e. The third-order valence-electron chi connectivity index (χ3n) is 3.31. The third-order valence-corrected chi connectivity index (χ3v) is 3.79. The number of benzene rings is 1. The Labute approximate surface area is 195 Å². The number of carbonyl (C=O) groups is 1. The number of rotatable bonds is 7. The van der Waals surface area contributed by atoms with E-state index in [1.807, 2.05) is 10.6 Å². The van der Waals surface area contributed by atoms with Gasteiger partial charge < -0.3 is 16.0 Å². The molecular weight excluding hydrogens is 496 g/mol. The SMILES string of the molecule is CC(=O)Nc1ccc(C(=N\NC(=S)NCC(F)(F)F)/C(C)=N/NC(=S)NCC(F)(F)F)cc1. The van der Waals surface area contributed by atoms with Gasteiger partial charge in [0.25, 0.3) is 0 Å². The van der Waals surface area contributed by atoms with Crippen LogP contribution in [0.5, 0.6) is 0 Å². The molecule has 182 valence electrons. The van der Waals surface area contributed by atoms with Crippen molar-refractivity contribution in [2.75, 3.05) is 18.4 Å². The highest BCUT2D eigenvalue weighted by molar-refractivity contribution is 7.80. The molecule has 0 radical (unpaired) electrons. The Morgan fingerprint density at radius 2 is 1.30 bits per heavy atom. The number of alkyl halides is 6. The highest BCUT2D eigenvalue weighted by atomic mass is 32.1. The third kappa shape index (κ3) is 12.6. The Morgan fingerprint density at radius 1 is 0.848 bits per heavy atom. The van der Waals surface area contributed by atoms with Gasteiger partial charge in [0.15, 0.2) is 10.2 Å². The van der Waals surface area contributed by atoms with E-state index in [1.54, 1.807) is 0 Å². The van der Waals surface area contributed by atoms with Crippen molar-refractivity contribution in [3.05, 3.63) is 29.8 Å². The van der Waals surface area contributed by atoms with E-state index in [4.69, 9.17) is 24.4 Å². The second-order valence-electron chi connectivity index (χ2n) is 6.24. The predicted molar refractivity (Wildman–Crippen MR) is 120 cm³/mol. The summed E-state index contributed by atoms with van der Waals surface area (Å²) < 4.78 is 73.7. The van der Waals surface area contributed by atoms with E-state index in [0.717, 1.165) is 0 Å². The van der Waals surface area contributed by atoms with Gasteiger partial charge in [-0.15, -0.1) is 0 Å². The molecule has 1 amide bonds. The van der Waals surface area contributed by atoms with Gasteiger partial charge in [-0.3, -0.25) is 15.6 Å². The molecule has 5 N–H and O–H groups in total. The Kier molecular flexibility index (Phi) is 10.4. The highest BCUT2D eigenvalue weighted by Gasteiger charge is 2.27.